The van der Waals surface area contributed by atoms with E-state index in [1.54, 1.807) is 6.07 Å². The molecule has 1 aliphatic rings. The van der Waals surface area contributed by atoms with Crippen LogP contribution in [0.25, 0.3) is 0 Å². The molecular formula is C19H22FN. The highest BCUT2D eigenvalue weighted by Crippen LogP contribution is 2.38. The van der Waals surface area contributed by atoms with Crippen molar-refractivity contribution in [2.75, 3.05) is 0 Å². The van der Waals surface area contributed by atoms with Crippen LogP contribution in [0.5, 0.6) is 0 Å². The fraction of sp³-hybridized carbons (Fsp3) is 0.368. The van der Waals surface area contributed by atoms with Gasteiger partial charge in [0, 0.05) is 17.6 Å². The fourth-order valence-corrected chi connectivity index (χ4v) is 3.13. The van der Waals surface area contributed by atoms with Crippen LogP contribution in [-0.4, -0.2) is 6.04 Å². The average molecular weight is 283 g/mol. The number of benzene rings is 2. The van der Waals surface area contributed by atoms with E-state index in [0.717, 1.165) is 18.4 Å². The number of rotatable bonds is 4. The molecule has 1 fully saturated rings. The quantitative estimate of drug-likeness (QED) is 0.855. The summed E-state index contributed by atoms with van der Waals surface area (Å²) in [6.07, 6.45) is 2.28. The van der Waals surface area contributed by atoms with Crippen molar-refractivity contribution in [2.45, 2.75) is 44.7 Å². The number of hydrogen-bond donors (Lipinski definition) is 1. The highest BCUT2D eigenvalue weighted by Gasteiger charge is 2.31. The van der Waals surface area contributed by atoms with Crippen LogP contribution < -0.4 is 5.32 Å². The number of nitrogens with one attached hydrogen (secondary N) is 1. The zero-order chi connectivity index (χ0) is 14.8. The topological polar surface area (TPSA) is 12.0 Å². The molecule has 1 saturated carbocycles. The van der Waals surface area contributed by atoms with Crippen molar-refractivity contribution in [2.24, 2.45) is 0 Å². The first kappa shape index (κ1) is 14.3. The summed E-state index contributed by atoms with van der Waals surface area (Å²) in [5, 5.41) is 3.54. The van der Waals surface area contributed by atoms with Crippen LogP contribution in [-0.2, 0) is 0 Å². The average Bonchev–Trinajstić information content (AvgIpc) is 2.44. The molecular weight excluding hydrogens is 261 g/mol. The fourth-order valence-electron chi connectivity index (χ4n) is 3.13. The molecule has 0 radical (unpaired) electrons. The van der Waals surface area contributed by atoms with Gasteiger partial charge in [-0.2, -0.15) is 0 Å². The molecule has 1 atom stereocenters. The van der Waals surface area contributed by atoms with Gasteiger partial charge in [-0.3, -0.25) is 0 Å². The molecule has 2 aromatic carbocycles. The lowest BCUT2D eigenvalue weighted by Crippen LogP contribution is -2.41. The van der Waals surface area contributed by atoms with Gasteiger partial charge in [-0.15, -0.1) is 0 Å². The largest absolute Gasteiger partial charge is 0.307 e. The highest BCUT2D eigenvalue weighted by atomic mass is 19.1. The molecule has 0 heterocycles. The van der Waals surface area contributed by atoms with Crippen molar-refractivity contribution in [3.63, 3.8) is 0 Å². The van der Waals surface area contributed by atoms with E-state index in [2.05, 4.69) is 36.5 Å². The summed E-state index contributed by atoms with van der Waals surface area (Å²) >= 11 is 0. The molecule has 0 aliphatic heterocycles. The van der Waals surface area contributed by atoms with Crippen molar-refractivity contribution in [1.82, 2.24) is 5.32 Å². The lowest BCUT2D eigenvalue weighted by atomic mass is 9.75. The smallest absolute Gasteiger partial charge is 0.127 e. The summed E-state index contributed by atoms with van der Waals surface area (Å²) < 4.78 is 13.8. The molecule has 1 unspecified atom stereocenters. The standard InChI is InChI=1S/C19H22FN/c1-13-7-9-15(10-8-13)16-11-17(12-16)21-14(2)18-5-3-4-6-19(18)20/h3-10,14,16-17,21H,11-12H2,1-2H3. The molecule has 1 aliphatic carbocycles. The summed E-state index contributed by atoms with van der Waals surface area (Å²) in [6.45, 7) is 4.16. The zero-order valence-electron chi connectivity index (χ0n) is 12.6. The van der Waals surface area contributed by atoms with Gasteiger partial charge in [0.05, 0.1) is 0 Å². The number of halogens is 1. The molecule has 2 aromatic rings. The second-order valence-corrected chi connectivity index (χ2v) is 6.19. The maximum absolute atomic E-state index is 13.8. The summed E-state index contributed by atoms with van der Waals surface area (Å²) in [5.41, 5.74) is 3.49. The summed E-state index contributed by atoms with van der Waals surface area (Å²) in [4.78, 5) is 0. The Bertz CT molecular complexity index is 599. The minimum atomic E-state index is -0.119. The van der Waals surface area contributed by atoms with Crippen LogP contribution in [0, 0.1) is 12.7 Å². The first-order valence-electron chi connectivity index (χ1n) is 7.70. The van der Waals surface area contributed by atoms with Crippen LogP contribution in [0.4, 0.5) is 4.39 Å². The van der Waals surface area contributed by atoms with Gasteiger partial charge in [-0.1, -0.05) is 48.0 Å². The zero-order valence-corrected chi connectivity index (χ0v) is 12.6. The molecule has 110 valence electrons. The Morgan fingerprint density at radius 1 is 1.05 bits per heavy atom. The van der Waals surface area contributed by atoms with Gasteiger partial charge in [-0.05, 0) is 44.2 Å². The van der Waals surface area contributed by atoms with Crippen molar-refractivity contribution in [1.29, 1.82) is 0 Å². The van der Waals surface area contributed by atoms with Gasteiger partial charge in [0.15, 0.2) is 0 Å². The van der Waals surface area contributed by atoms with Crippen molar-refractivity contribution < 1.29 is 4.39 Å². The van der Waals surface area contributed by atoms with Crippen molar-refractivity contribution in [3.05, 3.63) is 71.0 Å². The molecule has 0 bridgehead atoms. The predicted octanol–water partition coefficient (Wildman–Crippen LogP) is 4.73. The van der Waals surface area contributed by atoms with Crippen molar-refractivity contribution in [3.8, 4) is 0 Å². The molecule has 1 nitrogen and oxygen atoms in total. The molecule has 0 spiro atoms. The van der Waals surface area contributed by atoms with Crippen LogP contribution in [0.15, 0.2) is 48.5 Å². The minimum Gasteiger partial charge on any atom is -0.307 e. The molecule has 0 amide bonds. The Morgan fingerprint density at radius 3 is 2.38 bits per heavy atom. The van der Waals surface area contributed by atoms with Crippen molar-refractivity contribution >= 4 is 0 Å². The summed E-state index contributed by atoms with van der Waals surface area (Å²) in [5.74, 6) is 0.530. The SMILES string of the molecule is Cc1ccc(C2CC(NC(C)c3ccccc3F)C2)cc1. The van der Waals surface area contributed by atoms with E-state index in [0.29, 0.717) is 12.0 Å². The summed E-state index contributed by atoms with van der Waals surface area (Å²) in [7, 11) is 0. The highest BCUT2D eigenvalue weighted by molar-refractivity contribution is 5.27. The molecule has 1 N–H and O–H groups in total. The summed E-state index contributed by atoms with van der Waals surface area (Å²) in [6, 6.07) is 16.4. The third-order valence-corrected chi connectivity index (χ3v) is 4.54. The monoisotopic (exact) mass is 283 g/mol. The van der Waals surface area contributed by atoms with E-state index in [4.69, 9.17) is 0 Å². The van der Waals surface area contributed by atoms with Gasteiger partial charge in [0.1, 0.15) is 5.82 Å². The second-order valence-electron chi connectivity index (χ2n) is 6.19. The van der Waals surface area contributed by atoms with E-state index >= 15 is 0 Å². The molecule has 2 heteroatoms. The van der Waals surface area contributed by atoms with E-state index in [-0.39, 0.29) is 11.9 Å². The Morgan fingerprint density at radius 2 is 1.71 bits per heavy atom. The van der Waals surface area contributed by atoms with Gasteiger partial charge in [0.2, 0.25) is 0 Å². The first-order valence-corrected chi connectivity index (χ1v) is 7.70. The Hall–Kier alpha value is -1.67. The van der Waals surface area contributed by atoms with Crippen LogP contribution in [0.2, 0.25) is 0 Å². The minimum absolute atomic E-state index is 0.0650. The number of aryl methyl sites for hydroxylation is 1. The molecule has 3 rings (SSSR count). The molecule has 0 aromatic heterocycles. The molecule has 21 heavy (non-hydrogen) atoms. The van der Waals surface area contributed by atoms with Gasteiger partial charge >= 0.3 is 0 Å². The van der Waals surface area contributed by atoms with Gasteiger partial charge in [-0.25, -0.2) is 4.39 Å². The second kappa shape index (κ2) is 5.98. The van der Waals surface area contributed by atoms with E-state index in [9.17, 15) is 4.39 Å². The first-order chi connectivity index (χ1) is 10.1. The van der Waals surface area contributed by atoms with Crippen LogP contribution in [0.3, 0.4) is 0 Å². The Labute approximate surface area is 126 Å². The lowest BCUT2D eigenvalue weighted by molar-refractivity contribution is 0.269. The van der Waals surface area contributed by atoms with Crippen LogP contribution in [0.1, 0.15) is 48.4 Å². The normalized spacial score (nSPS) is 22.6. The third-order valence-electron chi connectivity index (χ3n) is 4.54. The van der Waals surface area contributed by atoms with Gasteiger partial charge < -0.3 is 5.32 Å². The predicted molar refractivity (Wildman–Crippen MR) is 84.9 cm³/mol. The van der Waals surface area contributed by atoms with Gasteiger partial charge in [0.25, 0.3) is 0 Å². The molecule has 0 saturated heterocycles. The maximum atomic E-state index is 13.8. The lowest BCUT2D eigenvalue weighted by Gasteiger charge is -2.38. The Kier molecular flexibility index (Phi) is 4.07. The van der Waals surface area contributed by atoms with Crippen LogP contribution >= 0.6 is 0 Å². The Balaban J connectivity index is 1.55. The maximum Gasteiger partial charge on any atom is 0.127 e. The third kappa shape index (κ3) is 3.16. The number of hydrogen-bond acceptors (Lipinski definition) is 1. The van der Waals surface area contributed by atoms with E-state index < -0.39 is 0 Å². The van der Waals surface area contributed by atoms with E-state index in [1.165, 1.54) is 17.2 Å². The van der Waals surface area contributed by atoms with E-state index in [1.807, 2.05) is 19.1 Å².